The van der Waals surface area contributed by atoms with E-state index in [-0.39, 0.29) is 5.56 Å². The number of hydrogen-bond donors (Lipinski definition) is 1. The average Bonchev–Trinajstić information content (AvgIpc) is 2.85. The fraction of sp³-hybridized carbons (Fsp3) is 0.467. The maximum absolute atomic E-state index is 11.1. The molecule has 0 radical (unpaired) electrons. The summed E-state index contributed by atoms with van der Waals surface area (Å²) in [6.07, 6.45) is 2.97. The molecule has 1 aromatic carbocycles. The van der Waals surface area contributed by atoms with Crippen LogP contribution in [0.15, 0.2) is 18.2 Å². The lowest BCUT2D eigenvalue weighted by atomic mass is 10.1. The summed E-state index contributed by atoms with van der Waals surface area (Å²) in [5.74, 6) is 0.0820. The SMILES string of the molecule is CCc1nc2cc(C(=O)O)ccc2n1C1CCCOC1. The number of aryl methyl sites for hydroxylation is 1. The van der Waals surface area contributed by atoms with Crippen LogP contribution < -0.4 is 0 Å². The number of nitrogens with zero attached hydrogens (tertiary/aromatic N) is 2. The predicted molar refractivity (Wildman–Crippen MR) is 75.2 cm³/mol. The number of benzene rings is 1. The number of carbonyl (C=O) groups is 1. The summed E-state index contributed by atoms with van der Waals surface area (Å²) in [5, 5.41) is 9.07. The first-order valence-electron chi connectivity index (χ1n) is 7.02. The number of carboxylic acids is 1. The van der Waals surface area contributed by atoms with Crippen molar-refractivity contribution >= 4 is 17.0 Å². The topological polar surface area (TPSA) is 64.3 Å². The van der Waals surface area contributed by atoms with Crippen LogP contribution >= 0.6 is 0 Å². The molecule has 3 rings (SSSR count). The highest BCUT2D eigenvalue weighted by Crippen LogP contribution is 2.27. The molecule has 106 valence electrons. The van der Waals surface area contributed by atoms with E-state index in [4.69, 9.17) is 9.84 Å². The van der Waals surface area contributed by atoms with E-state index in [1.54, 1.807) is 12.1 Å². The molecule has 20 heavy (non-hydrogen) atoms. The van der Waals surface area contributed by atoms with Crippen molar-refractivity contribution in [2.45, 2.75) is 32.2 Å². The van der Waals surface area contributed by atoms with E-state index in [2.05, 4.69) is 16.5 Å². The molecule has 1 aromatic heterocycles. The molecule has 0 bridgehead atoms. The van der Waals surface area contributed by atoms with Gasteiger partial charge in [-0.1, -0.05) is 6.92 Å². The fourth-order valence-electron chi connectivity index (χ4n) is 2.87. The molecule has 1 saturated heterocycles. The number of aromatic carboxylic acids is 1. The van der Waals surface area contributed by atoms with E-state index >= 15 is 0 Å². The van der Waals surface area contributed by atoms with Gasteiger partial charge in [-0.15, -0.1) is 0 Å². The van der Waals surface area contributed by atoms with E-state index < -0.39 is 5.97 Å². The normalized spacial score (nSPS) is 19.4. The zero-order chi connectivity index (χ0) is 14.1. The zero-order valence-corrected chi connectivity index (χ0v) is 11.5. The predicted octanol–water partition coefficient (Wildman–Crippen LogP) is 2.65. The first-order valence-corrected chi connectivity index (χ1v) is 7.02. The van der Waals surface area contributed by atoms with Crippen molar-refractivity contribution in [2.75, 3.05) is 13.2 Å². The fourth-order valence-corrected chi connectivity index (χ4v) is 2.87. The monoisotopic (exact) mass is 274 g/mol. The van der Waals surface area contributed by atoms with Gasteiger partial charge in [-0.25, -0.2) is 9.78 Å². The molecule has 0 spiro atoms. The van der Waals surface area contributed by atoms with Crippen molar-refractivity contribution in [3.63, 3.8) is 0 Å². The van der Waals surface area contributed by atoms with Gasteiger partial charge in [-0.2, -0.15) is 0 Å². The highest BCUT2D eigenvalue weighted by molar-refractivity contribution is 5.92. The lowest BCUT2D eigenvalue weighted by molar-refractivity contribution is 0.0596. The Morgan fingerprint density at radius 1 is 1.55 bits per heavy atom. The van der Waals surface area contributed by atoms with E-state index in [0.717, 1.165) is 42.7 Å². The van der Waals surface area contributed by atoms with E-state index in [0.29, 0.717) is 12.6 Å². The first-order chi connectivity index (χ1) is 9.70. The van der Waals surface area contributed by atoms with Crippen LogP contribution in [0.1, 0.15) is 42.0 Å². The van der Waals surface area contributed by atoms with Crippen molar-refractivity contribution < 1.29 is 14.6 Å². The molecule has 0 saturated carbocycles. The Morgan fingerprint density at radius 2 is 2.40 bits per heavy atom. The largest absolute Gasteiger partial charge is 0.478 e. The molecule has 1 atom stereocenters. The van der Waals surface area contributed by atoms with Crippen LogP contribution in [0.4, 0.5) is 0 Å². The van der Waals surface area contributed by atoms with Gasteiger partial charge < -0.3 is 14.4 Å². The first kappa shape index (κ1) is 13.1. The third-order valence-corrected chi connectivity index (χ3v) is 3.83. The maximum Gasteiger partial charge on any atom is 0.335 e. The van der Waals surface area contributed by atoms with Crippen molar-refractivity contribution in [1.29, 1.82) is 0 Å². The lowest BCUT2D eigenvalue weighted by Gasteiger charge is -2.25. The third-order valence-electron chi connectivity index (χ3n) is 3.83. The second-order valence-electron chi connectivity index (χ2n) is 5.13. The second-order valence-corrected chi connectivity index (χ2v) is 5.13. The van der Waals surface area contributed by atoms with Gasteiger partial charge in [0.1, 0.15) is 5.82 Å². The molecule has 2 aromatic rings. The van der Waals surface area contributed by atoms with Crippen LogP contribution in [0.3, 0.4) is 0 Å². The number of imidazole rings is 1. The van der Waals surface area contributed by atoms with Crippen molar-refractivity contribution in [1.82, 2.24) is 9.55 Å². The Balaban J connectivity index is 2.11. The Morgan fingerprint density at radius 3 is 3.05 bits per heavy atom. The molecule has 5 nitrogen and oxygen atoms in total. The zero-order valence-electron chi connectivity index (χ0n) is 11.5. The average molecular weight is 274 g/mol. The number of ether oxygens (including phenoxy) is 1. The summed E-state index contributed by atoms with van der Waals surface area (Å²) in [5.41, 5.74) is 2.04. The summed E-state index contributed by atoms with van der Waals surface area (Å²) in [4.78, 5) is 15.6. The van der Waals surface area contributed by atoms with Crippen LogP contribution in [0, 0.1) is 0 Å². The summed E-state index contributed by atoms with van der Waals surface area (Å²) in [6, 6.07) is 5.46. The van der Waals surface area contributed by atoms with Crippen LogP contribution in [-0.4, -0.2) is 33.8 Å². The Hall–Kier alpha value is -1.88. The summed E-state index contributed by atoms with van der Waals surface area (Å²) in [7, 11) is 0. The molecule has 1 unspecified atom stereocenters. The summed E-state index contributed by atoms with van der Waals surface area (Å²) in [6.45, 7) is 3.60. The molecule has 0 amide bonds. The van der Waals surface area contributed by atoms with Crippen molar-refractivity contribution in [3.8, 4) is 0 Å². The van der Waals surface area contributed by atoms with Gasteiger partial charge in [0, 0.05) is 13.0 Å². The quantitative estimate of drug-likeness (QED) is 0.934. The molecular weight excluding hydrogens is 256 g/mol. The number of hydrogen-bond acceptors (Lipinski definition) is 3. The molecular formula is C15H18N2O3. The summed E-state index contributed by atoms with van der Waals surface area (Å²) >= 11 is 0. The minimum Gasteiger partial charge on any atom is -0.478 e. The standard InChI is InChI=1S/C15H18N2O3/c1-2-14-16-12-8-10(15(18)19)5-6-13(12)17(14)11-4-3-7-20-9-11/h5-6,8,11H,2-4,7,9H2,1H3,(H,18,19). The van der Waals surface area contributed by atoms with Gasteiger partial charge in [0.05, 0.1) is 29.2 Å². The maximum atomic E-state index is 11.1. The molecule has 1 fully saturated rings. The van der Waals surface area contributed by atoms with Crippen molar-refractivity contribution in [3.05, 3.63) is 29.6 Å². The summed E-state index contributed by atoms with van der Waals surface area (Å²) < 4.78 is 7.80. The van der Waals surface area contributed by atoms with Gasteiger partial charge in [-0.05, 0) is 31.0 Å². The van der Waals surface area contributed by atoms with Gasteiger partial charge in [-0.3, -0.25) is 0 Å². The second kappa shape index (κ2) is 5.25. The van der Waals surface area contributed by atoms with Crippen LogP contribution in [0.25, 0.3) is 11.0 Å². The third kappa shape index (κ3) is 2.18. The van der Waals surface area contributed by atoms with Gasteiger partial charge in [0.15, 0.2) is 0 Å². The highest BCUT2D eigenvalue weighted by Gasteiger charge is 2.21. The van der Waals surface area contributed by atoms with Gasteiger partial charge in [0.2, 0.25) is 0 Å². The van der Waals surface area contributed by atoms with Crippen LogP contribution in [0.2, 0.25) is 0 Å². The van der Waals surface area contributed by atoms with E-state index in [9.17, 15) is 4.79 Å². The molecule has 1 N–H and O–H groups in total. The number of carboxylic acid groups (broad SMARTS) is 1. The Kier molecular flexibility index (Phi) is 3.44. The molecule has 1 aliphatic rings. The number of fused-ring (bicyclic) bond motifs is 1. The lowest BCUT2D eigenvalue weighted by Crippen LogP contribution is -2.22. The molecule has 0 aliphatic carbocycles. The molecule has 2 heterocycles. The van der Waals surface area contributed by atoms with Crippen LogP contribution in [-0.2, 0) is 11.2 Å². The smallest absolute Gasteiger partial charge is 0.335 e. The van der Waals surface area contributed by atoms with Crippen molar-refractivity contribution in [2.24, 2.45) is 0 Å². The van der Waals surface area contributed by atoms with Crippen LogP contribution in [0.5, 0.6) is 0 Å². The Bertz CT molecular complexity index is 642. The highest BCUT2D eigenvalue weighted by atomic mass is 16.5. The van der Waals surface area contributed by atoms with Gasteiger partial charge >= 0.3 is 5.97 Å². The van der Waals surface area contributed by atoms with E-state index in [1.807, 2.05) is 6.07 Å². The minimum atomic E-state index is -0.916. The minimum absolute atomic E-state index is 0.282. The van der Waals surface area contributed by atoms with Gasteiger partial charge in [0.25, 0.3) is 0 Å². The molecule has 1 aliphatic heterocycles. The van der Waals surface area contributed by atoms with E-state index in [1.165, 1.54) is 0 Å². The Labute approximate surface area is 117 Å². The number of rotatable bonds is 3. The molecule has 5 heteroatoms. The number of aromatic nitrogens is 2.